The number of pyridine rings is 1. The number of ether oxygens (including phenoxy) is 2. The summed E-state index contributed by atoms with van der Waals surface area (Å²) in [6.07, 6.45) is 5.74. The molecule has 0 bridgehead atoms. The molecule has 1 N–H and O–H groups in total. The van der Waals surface area contributed by atoms with Gasteiger partial charge in [0.05, 0.1) is 12.2 Å². The van der Waals surface area contributed by atoms with Crippen LogP contribution in [0.5, 0.6) is 17.4 Å². The first-order valence-corrected chi connectivity index (χ1v) is 12.0. The maximum Gasteiger partial charge on any atom is 0.272 e. The summed E-state index contributed by atoms with van der Waals surface area (Å²) < 4.78 is 24.9. The van der Waals surface area contributed by atoms with E-state index in [0.717, 1.165) is 24.0 Å². The van der Waals surface area contributed by atoms with Gasteiger partial charge in [-0.05, 0) is 72.4 Å². The van der Waals surface area contributed by atoms with Gasteiger partial charge in [0.15, 0.2) is 0 Å². The highest BCUT2D eigenvalue weighted by atomic mass is 19.1. The highest BCUT2D eigenvalue weighted by Crippen LogP contribution is 2.36. The van der Waals surface area contributed by atoms with E-state index in [9.17, 15) is 14.4 Å². The van der Waals surface area contributed by atoms with Crippen LogP contribution in [0.15, 0.2) is 60.7 Å². The van der Waals surface area contributed by atoms with Crippen LogP contribution in [0.3, 0.4) is 0 Å². The van der Waals surface area contributed by atoms with Crippen LogP contribution >= 0.6 is 0 Å². The fourth-order valence-corrected chi connectivity index (χ4v) is 4.19. The summed E-state index contributed by atoms with van der Waals surface area (Å²) in [5.41, 5.74) is 6.64. The van der Waals surface area contributed by atoms with E-state index in [-0.39, 0.29) is 24.2 Å². The lowest BCUT2D eigenvalue weighted by Gasteiger charge is -2.25. The molecule has 1 heterocycles. The Hall–Kier alpha value is -3.53. The molecule has 4 rings (SSSR count). The third kappa shape index (κ3) is 7.24. The normalized spacial score (nSPS) is 13.9. The fourth-order valence-electron chi connectivity index (χ4n) is 4.19. The zero-order chi connectivity index (χ0) is 25.3. The predicted molar refractivity (Wildman–Crippen MR) is 129 cm³/mol. The summed E-state index contributed by atoms with van der Waals surface area (Å²) in [7, 11) is 0. The second-order valence-corrected chi connectivity index (χ2v) is 8.67. The van der Waals surface area contributed by atoms with Gasteiger partial charge in [-0.15, -0.1) is 4.94 Å². The Morgan fingerprint density at radius 2 is 1.83 bits per heavy atom. The van der Waals surface area contributed by atoms with Gasteiger partial charge in [0.25, 0.3) is 5.91 Å². The third-order valence-corrected chi connectivity index (χ3v) is 6.01. The second kappa shape index (κ2) is 12.4. The van der Waals surface area contributed by atoms with Crippen molar-refractivity contribution in [1.29, 1.82) is 0 Å². The van der Waals surface area contributed by atoms with Crippen molar-refractivity contribution in [3.05, 3.63) is 83.3 Å². The standard InChI is InChI=1S/C27H29FN3O5/c1-19(32)31(33)36-29-17-21-10-13-25(16-26(21)20-6-3-2-4-7-20)34-18-23-8-5-9-27(30-23)35-24-14-11-22(28)12-15-24/h5,8-16,20,33H,2-4,6-7,17-18H2,1H3. The SMILES string of the molecule is CC(=O)N(O)O[N]Cc1ccc(OCc2cccc(Oc3ccc(F)cc3)n2)cc1C1CCCCC1. The molecule has 8 nitrogen and oxygen atoms in total. The molecule has 0 unspecified atom stereocenters. The first-order valence-electron chi connectivity index (χ1n) is 12.0. The van der Waals surface area contributed by atoms with Crippen LogP contribution in [-0.4, -0.2) is 21.3 Å². The summed E-state index contributed by atoms with van der Waals surface area (Å²) in [5, 5.41) is 9.49. The molecule has 2 aromatic carbocycles. The first-order chi connectivity index (χ1) is 17.5. The van der Waals surface area contributed by atoms with E-state index in [1.54, 1.807) is 18.2 Å². The lowest BCUT2D eigenvalue weighted by Crippen LogP contribution is -2.28. The summed E-state index contributed by atoms with van der Waals surface area (Å²) in [4.78, 5) is 20.3. The molecule has 0 aliphatic heterocycles. The van der Waals surface area contributed by atoms with Crippen molar-refractivity contribution in [2.45, 2.75) is 58.1 Å². The number of hydroxylamine groups is 3. The topological polar surface area (TPSA) is 95.2 Å². The van der Waals surface area contributed by atoms with Crippen LogP contribution < -0.4 is 15.0 Å². The molecule has 1 aliphatic carbocycles. The molecule has 189 valence electrons. The van der Waals surface area contributed by atoms with E-state index >= 15 is 0 Å². The number of hydrogen-bond acceptors (Lipinski definition) is 6. The molecule has 3 aromatic rings. The average molecular weight is 495 g/mol. The Kier molecular flexibility index (Phi) is 8.83. The largest absolute Gasteiger partial charge is 0.487 e. The minimum Gasteiger partial charge on any atom is -0.487 e. The van der Waals surface area contributed by atoms with Crippen molar-refractivity contribution in [1.82, 2.24) is 15.7 Å². The number of benzene rings is 2. The van der Waals surface area contributed by atoms with Gasteiger partial charge in [-0.1, -0.05) is 42.1 Å². The monoisotopic (exact) mass is 494 g/mol. The highest BCUT2D eigenvalue weighted by Gasteiger charge is 2.20. The zero-order valence-corrected chi connectivity index (χ0v) is 20.1. The smallest absolute Gasteiger partial charge is 0.272 e. The summed E-state index contributed by atoms with van der Waals surface area (Å²) in [5.74, 6) is 0.998. The highest BCUT2D eigenvalue weighted by molar-refractivity contribution is 5.70. The van der Waals surface area contributed by atoms with Gasteiger partial charge in [-0.2, -0.15) is 0 Å². The lowest BCUT2D eigenvalue weighted by atomic mass is 9.82. The number of carbonyl (C=O) groups excluding carboxylic acids is 1. The number of hydrogen-bond donors (Lipinski definition) is 1. The quantitative estimate of drug-likeness (QED) is 0.282. The molecule has 1 amide bonds. The van der Waals surface area contributed by atoms with E-state index in [1.807, 2.05) is 30.3 Å². The Morgan fingerprint density at radius 1 is 1.08 bits per heavy atom. The molecule has 0 atom stereocenters. The molecule has 1 aromatic heterocycles. The van der Waals surface area contributed by atoms with Gasteiger partial charge < -0.3 is 9.47 Å². The van der Waals surface area contributed by atoms with Crippen molar-refractivity contribution >= 4 is 5.91 Å². The van der Waals surface area contributed by atoms with Crippen molar-refractivity contribution < 1.29 is 28.8 Å². The van der Waals surface area contributed by atoms with Gasteiger partial charge in [0, 0.05) is 13.0 Å². The maximum atomic E-state index is 13.1. The molecule has 1 radical (unpaired) electrons. The number of carbonyl (C=O) groups is 1. The second-order valence-electron chi connectivity index (χ2n) is 8.67. The molecule has 1 fully saturated rings. The molecule has 36 heavy (non-hydrogen) atoms. The molecular formula is C27H29FN3O5. The van der Waals surface area contributed by atoms with Crippen LogP contribution in [-0.2, 0) is 22.9 Å². The van der Waals surface area contributed by atoms with Gasteiger partial charge >= 0.3 is 0 Å². The zero-order valence-electron chi connectivity index (χ0n) is 20.1. The minimum absolute atomic E-state index is 0.110. The molecule has 1 aliphatic rings. The number of aromatic nitrogens is 1. The fraction of sp³-hybridized carbons (Fsp3) is 0.333. The molecule has 0 spiro atoms. The van der Waals surface area contributed by atoms with Crippen LogP contribution in [0.4, 0.5) is 4.39 Å². The maximum absolute atomic E-state index is 13.1. The van der Waals surface area contributed by atoms with E-state index in [0.29, 0.717) is 29.0 Å². The van der Waals surface area contributed by atoms with E-state index in [1.165, 1.54) is 38.3 Å². The number of amides is 1. The molecule has 9 heteroatoms. The molecule has 0 saturated heterocycles. The average Bonchev–Trinajstić information content (AvgIpc) is 2.90. The van der Waals surface area contributed by atoms with Gasteiger partial charge in [-0.3, -0.25) is 10.0 Å². The Bertz CT molecular complexity index is 1150. The summed E-state index contributed by atoms with van der Waals surface area (Å²) >= 11 is 0. The number of rotatable bonds is 10. The number of halogens is 1. The van der Waals surface area contributed by atoms with Gasteiger partial charge in [0.1, 0.15) is 23.9 Å². The van der Waals surface area contributed by atoms with E-state index in [4.69, 9.17) is 14.4 Å². The Labute approximate surface area is 209 Å². The van der Waals surface area contributed by atoms with Crippen LogP contribution in [0.2, 0.25) is 0 Å². The van der Waals surface area contributed by atoms with Crippen LogP contribution in [0, 0.1) is 5.82 Å². The third-order valence-electron chi connectivity index (χ3n) is 6.01. The van der Waals surface area contributed by atoms with E-state index in [2.05, 4.69) is 10.5 Å². The summed E-state index contributed by atoms with van der Waals surface area (Å²) in [6, 6.07) is 17.0. The lowest BCUT2D eigenvalue weighted by molar-refractivity contribution is -0.346. The number of nitrogens with zero attached hydrogens (tertiary/aromatic N) is 3. The Balaban J connectivity index is 1.42. The van der Waals surface area contributed by atoms with Crippen molar-refractivity contribution in [3.63, 3.8) is 0 Å². The van der Waals surface area contributed by atoms with Crippen molar-refractivity contribution in [2.24, 2.45) is 0 Å². The predicted octanol–water partition coefficient (Wildman–Crippen LogP) is 5.83. The molecular weight excluding hydrogens is 465 g/mol. The minimum atomic E-state index is -0.657. The van der Waals surface area contributed by atoms with Crippen molar-refractivity contribution in [2.75, 3.05) is 0 Å². The van der Waals surface area contributed by atoms with Crippen LogP contribution in [0.1, 0.15) is 61.8 Å². The van der Waals surface area contributed by atoms with E-state index < -0.39 is 5.91 Å². The summed E-state index contributed by atoms with van der Waals surface area (Å²) in [6.45, 7) is 1.62. The van der Waals surface area contributed by atoms with Gasteiger partial charge in [-0.25, -0.2) is 9.37 Å². The first kappa shape index (κ1) is 25.6. The van der Waals surface area contributed by atoms with Crippen LogP contribution in [0.25, 0.3) is 0 Å². The van der Waals surface area contributed by atoms with Gasteiger partial charge in [0.2, 0.25) is 5.88 Å². The Morgan fingerprint density at radius 3 is 2.58 bits per heavy atom. The van der Waals surface area contributed by atoms with Crippen molar-refractivity contribution in [3.8, 4) is 17.4 Å². The molecule has 1 saturated carbocycles.